The first-order valence-corrected chi connectivity index (χ1v) is 6.36. The molecule has 100 valence electrons. The summed E-state index contributed by atoms with van der Waals surface area (Å²) in [5, 5.41) is 0. The van der Waals surface area contributed by atoms with Gasteiger partial charge < -0.3 is 9.64 Å². The SMILES string of the molecule is CC[C@H](c1cccc(OC)c1)[C@H](C)C(=O)N(C)C. The lowest BCUT2D eigenvalue weighted by Crippen LogP contribution is -2.31. The summed E-state index contributed by atoms with van der Waals surface area (Å²) in [6, 6.07) is 7.99. The number of carbonyl (C=O) groups excluding carboxylic acids is 1. The molecule has 0 saturated heterocycles. The summed E-state index contributed by atoms with van der Waals surface area (Å²) in [5.41, 5.74) is 1.17. The highest BCUT2D eigenvalue weighted by Gasteiger charge is 2.25. The van der Waals surface area contributed by atoms with Gasteiger partial charge in [0, 0.05) is 20.0 Å². The molecule has 18 heavy (non-hydrogen) atoms. The average molecular weight is 249 g/mol. The van der Waals surface area contributed by atoms with Crippen LogP contribution in [0.25, 0.3) is 0 Å². The van der Waals surface area contributed by atoms with E-state index in [1.165, 1.54) is 5.56 Å². The van der Waals surface area contributed by atoms with Gasteiger partial charge in [-0.1, -0.05) is 26.0 Å². The van der Waals surface area contributed by atoms with Gasteiger partial charge in [-0.3, -0.25) is 4.79 Å². The van der Waals surface area contributed by atoms with Crippen LogP contribution in [0.5, 0.6) is 5.75 Å². The predicted molar refractivity (Wildman–Crippen MR) is 73.9 cm³/mol. The molecule has 1 rings (SSSR count). The van der Waals surface area contributed by atoms with E-state index in [0.29, 0.717) is 0 Å². The largest absolute Gasteiger partial charge is 0.497 e. The molecule has 1 amide bonds. The summed E-state index contributed by atoms with van der Waals surface area (Å²) in [4.78, 5) is 13.7. The summed E-state index contributed by atoms with van der Waals surface area (Å²) in [6.07, 6.45) is 0.938. The van der Waals surface area contributed by atoms with E-state index in [0.717, 1.165) is 12.2 Å². The highest BCUT2D eigenvalue weighted by molar-refractivity contribution is 5.79. The van der Waals surface area contributed by atoms with Gasteiger partial charge in [0.05, 0.1) is 7.11 Å². The zero-order valence-corrected chi connectivity index (χ0v) is 11.9. The second-order valence-electron chi connectivity index (χ2n) is 4.81. The zero-order valence-electron chi connectivity index (χ0n) is 11.9. The van der Waals surface area contributed by atoms with E-state index in [1.807, 2.05) is 25.1 Å². The lowest BCUT2D eigenvalue weighted by Gasteiger charge is -2.25. The maximum absolute atomic E-state index is 12.1. The van der Waals surface area contributed by atoms with Crippen molar-refractivity contribution in [2.24, 2.45) is 5.92 Å². The second kappa shape index (κ2) is 6.43. The van der Waals surface area contributed by atoms with Gasteiger partial charge in [-0.15, -0.1) is 0 Å². The smallest absolute Gasteiger partial charge is 0.225 e. The van der Waals surface area contributed by atoms with Crippen molar-refractivity contribution in [1.29, 1.82) is 0 Å². The Bertz CT molecular complexity index is 401. The minimum Gasteiger partial charge on any atom is -0.497 e. The van der Waals surface area contributed by atoms with Crippen molar-refractivity contribution in [3.63, 3.8) is 0 Å². The van der Waals surface area contributed by atoms with E-state index >= 15 is 0 Å². The lowest BCUT2D eigenvalue weighted by atomic mass is 9.84. The van der Waals surface area contributed by atoms with E-state index in [4.69, 9.17) is 4.74 Å². The number of hydrogen-bond acceptors (Lipinski definition) is 2. The standard InChI is InChI=1S/C15H23NO2/c1-6-14(11(2)15(17)16(3)4)12-8-7-9-13(10-12)18-5/h7-11,14H,6H2,1-5H3/t11-,14-/m0/s1. The van der Waals surface area contributed by atoms with E-state index in [-0.39, 0.29) is 17.7 Å². The Balaban J connectivity index is 2.98. The molecule has 0 radical (unpaired) electrons. The number of methoxy groups -OCH3 is 1. The van der Waals surface area contributed by atoms with Crippen LogP contribution in [0.4, 0.5) is 0 Å². The maximum Gasteiger partial charge on any atom is 0.225 e. The van der Waals surface area contributed by atoms with Crippen LogP contribution in [0.1, 0.15) is 31.7 Å². The molecule has 3 nitrogen and oxygen atoms in total. The van der Waals surface area contributed by atoms with Crippen LogP contribution in [0.3, 0.4) is 0 Å². The summed E-state index contributed by atoms with van der Waals surface area (Å²) in [5.74, 6) is 1.23. The van der Waals surface area contributed by atoms with Crippen molar-refractivity contribution in [3.05, 3.63) is 29.8 Å². The highest BCUT2D eigenvalue weighted by Crippen LogP contribution is 2.30. The molecule has 0 heterocycles. The van der Waals surface area contributed by atoms with Gasteiger partial charge in [0.1, 0.15) is 5.75 Å². The van der Waals surface area contributed by atoms with Crippen LogP contribution in [-0.2, 0) is 4.79 Å². The van der Waals surface area contributed by atoms with Crippen LogP contribution in [0.15, 0.2) is 24.3 Å². The van der Waals surface area contributed by atoms with Gasteiger partial charge in [0.15, 0.2) is 0 Å². The minimum absolute atomic E-state index is 0.0166. The quantitative estimate of drug-likeness (QED) is 0.803. The van der Waals surface area contributed by atoms with Crippen LogP contribution < -0.4 is 4.74 Å². The number of carbonyl (C=O) groups is 1. The van der Waals surface area contributed by atoms with Gasteiger partial charge in [-0.05, 0) is 30.0 Å². The molecule has 0 aliphatic rings. The zero-order chi connectivity index (χ0) is 13.7. The van der Waals surface area contributed by atoms with E-state index in [2.05, 4.69) is 13.0 Å². The Hall–Kier alpha value is -1.51. The van der Waals surface area contributed by atoms with Crippen molar-refractivity contribution in [2.75, 3.05) is 21.2 Å². The molecule has 2 atom stereocenters. The van der Waals surface area contributed by atoms with Crippen molar-refractivity contribution >= 4 is 5.91 Å². The van der Waals surface area contributed by atoms with E-state index in [1.54, 1.807) is 26.1 Å². The Morgan fingerprint density at radius 2 is 2.06 bits per heavy atom. The third-order valence-electron chi connectivity index (χ3n) is 3.40. The fourth-order valence-corrected chi connectivity index (χ4v) is 2.33. The Kier molecular flexibility index (Phi) is 5.20. The molecule has 0 saturated carbocycles. The molecule has 0 unspecified atom stereocenters. The third-order valence-corrected chi connectivity index (χ3v) is 3.40. The first-order chi connectivity index (χ1) is 8.51. The third kappa shape index (κ3) is 3.25. The summed E-state index contributed by atoms with van der Waals surface area (Å²) >= 11 is 0. The fourth-order valence-electron chi connectivity index (χ4n) is 2.33. The number of nitrogens with zero attached hydrogens (tertiary/aromatic N) is 1. The number of ether oxygens (including phenoxy) is 1. The van der Waals surface area contributed by atoms with E-state index in [9.17, 15) is 4.79 Å². The average Bonchev–Trinajstić information content (AvgIpc) is 2.38. The first-order valence-electron chi connectivity index (χ1n) is 6.36. The van der Waals surface area contributed by atoms with Crippen LogP contribution >= 0.6 is 0 Å². The van der Waals surface area contributed by atoms with Gasteiger partial charge in [0.2, 0.25) is 5.91 Å². The number of amides is 1. The second-order valence-corrected chi connectivity index (χ2v) is 4.81. The normalized spacial score (nSPS) is 13.8. The topological polar surface area (TPSA) is 29.5 Å². The van der Waals surface area contributed by atoms with Crippen LogP contribution in [0.2, 0.25) is 0 Å². The number of benzene rings is 1. The van der Waals surface area contributed by atoms with Crippen LogP contribution in [-0.4, -0.2) is 32.0 Å². The Morgan fingerprint density at radius 3 is 2.56 bits per heavy atom. The van der Waals surface area contributed by atoms with Crippen molar-refractivity contribution in [1.82, 2.24) is 4.90 Å². The van der Waals surface area contributed by atoms with E-state index < -0.39 is 0 Å². The molecular weight excluding hydrogens is 226 g/mol. The number of rotatable bonds is 5. The fraction of sp³-hybridized carbons (Fsp3) is 0.533. The molecule has 0 aromatic heterocycles. The van der Waals surface area contributed by atoms with Crippen molar-refractivity contribution < 1.29 is 9.53 Å². The van der Waals surface area contributed by atoms with Crippen LogP contribution in [0, 0.1) is 5.92 Å². The van der Waals surface area contributed by atoms with Gasteiger partial charge in [-0.2, -0.15) is 0 Å². The lowest BCUT2D eigenvalue weighted by molar-refractivity contribution is -0.133. The molecule has 0 fully saturated rings. The molecule has 0 N–H and O–H groups in total. The minimum atomic E-state index is -0.0166. The van der Waals surface area contributed by atoms with Gasteiger partial charge >= 0.3 is 0 Å². The Morgan fingerprint density at radius 1 is 1.39 bits per heavy atom. The molecule has 0 aliphatic carbocycles. The first kappa shape index (κ1) is 14.6. The van der Waals surface area contributed by atoms with Gasteiger partial charge in [-0.25, -0.2) is 0 Å². The number of hydrogen-bond donors (Lipinski definition) is 0. The Labute approximate surface area is 110 Å². The molecule has 1 aromatic carbocycles. The molecule has 0 spiro atoms. The monoisotopic (exact) mass is 249 g/mol. The highest BCUT2D eigenvalue weighted by atomic mass is 16.5. The summed E-state index contributed by atoms with van der Waals surface area (Å²) < 4.78 is 5.24. The maximum atomic E-state index is 12.1. The van der Waals surface area contributed by atoms with Crippen molar-refractivity contribution in [3.8, 4) is 5.75 Å². The molecule has 0 bridgehead atoms. The van der Waals surface area contributed by atoms with Crippen molar-refractivity contribution in [2.45, 2.75) is 26.2 Å². The predicted octanol–water partition coefficient (Wildman–Crippen LogP) is 2.91. The van der Waals surface area contributed by atoms with Gasteiger partial charge in [0.25, 0.3) is 0 Å². The molecule has 1 aromatic rings. The molecule has 0 aliphatic heterocycles. The summed E-state index contributed by atoms with van der Waals surface area (Å²) in [6.45, 7) is 4.11. The molecular formula is C15H23NO2. The summed E-state index contributed by atoms with van der Waals surface area (Å²) in [7, 11) is 5.27. The molecule has 3 heteroatoms.